The van der Waals surface area contributed by atoms with Gasteiger partial charge in [-0.05, 0) is 50.2 Å². The number of hydrogen-bond donors (Lipinski definition) is 3. The normalized spacial score (nSPS) is 11.6. The molecule has 0 bridgehead atoms. The fourth-order valence-electron chi connectivity index (χ4n) is 2.90. The van der Waals surface area contributed by atoms with E-state index in [1.165, 1.54) is 12.5 Å². The van der Waals surface area contributed by atoms with Crippen LogP contribution in [0.5, 0.6) is 5.75 Å². The van der Waals surface area contributed by atoms with Gasteiger partial charge in [-0.2, -0.15) is 0 Å². The third kappa shape index (κ3) is 6.42. The van der Waals surface area contributed by atoms with Crippen molar-refractivity contribution in [1.29, 1.82) is 0 Å². The maximum atomic E-state index is 12.4. The zero-order chi connectivity index (χ0) is 19.8. The van der Waals surface area contributed by atoms with E-state index in [-0.39, 0.29) is 11.8 Å². The highest BCUT2D eigenvalue weighted by Crippen LogP contribution is 2.18. The van der Waals surface area contributed by atoms with Crippen LogP contribution in [0.25, 0.3) is 0 Å². The second-order valence-corrected chi connectivity index (χ2v) is 6.58. The van der Waals surface area contributed by atoms with E-state index in [2.05, 4.69) is 23.6 Å². The molecule has 0 spiro atoms. The fraction of sp³-hybridized carbons (Fsp3) is 0.333. The molecular weight excluding hydrogens is 342 g/mol. The van der Waals surface area contributed by atoms with Crippen molar-refractivity contribution in [2.24, 2.45) is 0 Å². The molecule has 0 saturated carbocycles. The Morgan fingerprint density at radius 1 is 1.04 bits per heavy atom. The first kappa shape index (κ1) is 20.5. The van der Waals surface area contributed by atoms with Gasteiger partial charge in [0.25, 0.3) is 5.91 Å². The lowest BCUT2D eigenvalue weighted by Crippen LogP contribution is -3.11. The van der Waals surface area contributed by atoms with Crippen molar-refractivity contribution in [2.45, 2.75) is 27.3 Å². The molecule has 27 heavy (non-hydrogen) atoms. The minimum atomic E-state index is -0.124. The minimum absolute atomic E-state index is 0.0502. The molecule has 2 amide bonds. The van der Waals surface area contributed by atoms with E-state index >= 15 is 0 Å². The lowest BCUT2D eigenvalue weighted by atomic mass is 10.1. The number of aryl methyl sites for hydroxylation is 1. The molecule has 1 unspecified atom stereocenters. The van der Waals surface area contributed by atoms with Gasteiger partial charge in [0.1, 0.15) is 12.3 Å². The lowest BCUT2D eigenvalue weighted by molar-refractivity contribution is -0.903. The first-order chi connectivity index (χ1) is 12.9. The number of nitrogens with one attached hydrogen (secondary N) is 3. The Hall–Kier alpha value is -2.86. The number of likely N-dealkylation sites (N-methyl/N-ethyl adjacent to an activating group) is 1. The van der Waals surface area contributed by atoms with E-state index in [4.69, 9.17) is 4.74 Å². The Bertz CT molecular complexity index is 788. The van der Waals surface area contributed by atoms with Crippen molar-refractivity contribution in [3.8, 4) is 5.75 Å². The number of quaternary nitrogens is 1. The third-order valence-corrected chi connectivity index (χ3v) is 4.28. The number of carbonyl (C=O) groups is 2. The van der Waals surface area contributed by atoms with E-state index in [1.54, 1.807) is 31.4 Å². The van der Waals surface area contributed by atoms with Gasteiger partial charge >= 0.3 is 0 Å². The highest BCUT2D eigenvalue weighted by molar-refractivity contribution is 5.92. The summed E-state index contributed by atoms with van der Waals surface area (Å²) in [5.74, 6) is 0.673. The number of carbonyl (C=O) groups excluding carboxylic acids is 2. The molecule has 6 heteroatoms. The van der Waals surface area contributed by atoms with Crippen molar-refractivity contribution >= 4 is 23.2 Å². The number of ether oxygens (including phenoxy) is 1. The Morgan fingerprint density at radius 3 is 2.22 bits per heavy atom. The summed E-state index contributed by atoms with van der Waals surface area (Å²) < 4.78 is 5.44. The van der Waals surface area contributed by atoms with Gasteiger partial charge < -0.3 is 20.3 Å². The van der Waals surface area contributed by atoms with E-state index in [9.17, 15) is 9.59 Å². The molecule has 2 aromatic rings. The minimum Gasteiger partial charge on any atom is -0.496 e. The molecule has 0 saturated heterocycles. The van der Waals surface area contributed by atoms with Crippen LogP contribution in [-0.4, -0.2) is 32.0 Å². The standard InChI is InChI=1S/C21H27N3O3/c1-5-24(13-17-12-15(2)6-11-20(17)27-4)14-21(26)23-19-9-7-18(8-10-19)22-16(3)25/h6-12H,5,13-14H2,1-4H3,(H,22,25)(H,23,26)/p+1. The Kier molecular flexibility index (Phi) is 7.37. The number of amides is 2. The summed E-state index contributed by atoms with van der Waals surface area (Å²) in [5, 5.41) is 5.61. The summed E-state index contributed by atoms with van der Waals surface area (Å²) in [6.07, 6.45) is 0. The van der Waals surface area contributed by atoms with Crippen molar-refractivity contribution in [3.63, 3.8) is 0 Å². The molecule has 0 fully saturated rings. The molecule has 0 radical (unpaired) electrons. The van der Waals surface area contributed by atoms with Crippen molar-refractivity contribution in [2.75, 3.05) is 30.8 Å². The van der Waals surface area contributed by atoms with Gasteiger partial charge in [-0.3, -0.25) is 9.59 Å². The molecule has 0 aliphatic rings. The summed E-state index contributed by atoms with van der Waals surface area (Å²) in [7, 11) is 1.66. The number of anilines is 2. The van der Waals surface area contributed by atoms with Gasteiger partial charge in [0.15, 0.2) is 6.54 Å². The van der Waals surface area contributed by atoms with Crippen molar-refractivity contribution in [3.05, 3.63) is 53.6 Å². The molecule has 3 N–H and O–H groups in total. The van der Waals surface area contributed by atoms with Gasteiger partial charge in [-0.15, -0.1) is 0 Å². The Morgan fingerprint density at radius 2 is 1.67 bits per heavy atom. The maximum Gasteiger partial charge on any atom is 0.279 e. The molecule has 0 aliphatic heterocycles. The summed E-state index contributed by atoms with van der Waals surface area (Å²) in [5.41, 5.74) is 3.68. The van der Waals surface area contributed by atoms with Crippen molar-refractivity contribution in [1.82, 2.24) is 0 Å². The zero-order valence-corrected chi connectivity index (χ0v) is 16.4. The third-order valence-electron chi connectivity index (χ3n) is 4.28. The molecule has 2 aromatic carbocycles. The predicted octanol–water partition coefficient (Wildman–Crippen LogP) is 2.01. The first-order valence-corrected chi connectivity index (χ1v) is 9.05. The quantitative estimate of drug-likeness (QED) is 0.666. The molecule has 6 nitrogen and oxygen atoms in total. The van der Waals surface area contributed by atoms with Crippen LogP contribution in [0.15, 0.2) is 42.5 Å². The average Bonchev–Trinajstić information content (AvgIpc) is 2.62. The Labute approximate surface area is 160 Å². The second kappa shape index (κ2) is 9.73. The van der Waals surface area contributed by atoms with Crippen LogP contribution in [0, 0.1) is 6.92 Å². The average molecular weight is 370 g/mol. The van der Waals surface area contributed by atoms with Gasteiger partial charge in [-0.1, -0.05) is 11.6 Å². The SMILES string of the molecule is CC[NH+](CC(=O)Nc1ccc(NC(C)=O)cc1)Cc1cc(C)ccc1OC. The van der Waals surface area contributed by atoms with Gasteiger partial charge in [0, 0.05) is 23.9 Å². The largest absolute Gasteiger partial charge is 0.496 e. The van der Waals surface area contributed by atoms with Gasteiger partial charge in [0.2, 0.25) is 5.91 Å². The Balaban J connectivity index is 1.96. The van der Waals surface area contributed by atoms with Crippen LogP contribution in [0.1, 0.15) is 25.0 Å². The highest BCUT2D eigenvalue weighted by atomic mass is 16.5. The van der Waals surface area contributed by atoms with Crippen LogP contribution in [0.4, 0.5) is 11.4 Å². The van der Waals surface area contributed by atoms with Crippen LogP contribution in [-0.2, 0) is 16.1 Å². The molecule has 0 heterocycles. The second-order valence-electron chi connectivity index (χ2n) is 6.58. The number of hydrogen-bond acceptors (Lipinski definition) is 3. The monoisotopic (exact) mass is 370 g/mol. The van der Waals surface area contributed by atoms with Crippen molar-refractivity contribution < 1.29 is 19.2 Å². The van der Waals surface area contributed by atoms with Crippen LogP contribution in [0.3, 0.4) is 0 Å². The molecular formula is C21H28N3O3+. The molecule has 144 valence electrons. The van der Waals surface area contributed by atoms with E-state index in [0.29, 0.717) is 17.9 Å². The molecule has 2 rings (SSSR count). The summed E-state index contributed by atoms with van der Waals surface area (Å²) in [6, 6.07) is 13.2. The summed E-state index contributed by atoms with van der Waals surface area (Å²) >= 11 is 0. The first-order valence-electron chi connectivity index (χ1n) is 9.05. The van der Waals surface area contributed by atoms with E-state index < -0.39 is 0 Å². The lowest BCUT2D eigenvalue weighted by Gasteiger charge is -2.19. The molecule has 0 aliphatic carbocycles. The predicted molar refractivity (Wildman–Crippen MR) is 107 cm³/mol. The highest BCUT2D eigenvalue weighted by Gasteiger charge is 2.16. The van der Waals surface area contributed by atoms with Gasteiger partial charge in [-0.25, -0.2) is 0 Å². The summed E-state index contributed by atoms with van der Waals surface area (Å²) in [4.78, 5) is 24.6. The maximum absolute atomic E-state index is 12.4. The summed E-state index contributed by atoms with van der Waals surface area (Å²) in [6.45, 7) is 7.48. The van der Waals surface area contributed by atoms with E-state index in [0.717, 1.165) is 29.3 Å². The van der Waals surface area contributed by atoms with Gasteiger partial charge in [0.05, 0.1) is 13.7 Å². The number of benzene rings is 2. The zero-order valence-electron chi connectivity index (χ0n) is 16.4. The fourth-order valence-corrected chi connectivity index (χ4v) is 2.90. The number of rotatable bonds is 8. The topological polar surface area (TPSA) is 71.9 Å². The van der Waals surface area contributed by atoms with Crippen LogP contribution < -0.4 is 20.3 Å². The smallest absolute Gasteiger partial charge is 0.279 e. The number of methoxy groups -OCH3 is 1. The van der Waals surface area contributed by atoms with Crippen LogP contribution >= 0.6 is 0 Å². The molecule has 1 atom stereocenters. The van der Waals surface area contributed by atoms with E-state index in [1.807, 2.05) is 19.1 Å². The molecule has 0 aromatic heterocycles. The van der Waals surface area contributed by atoms with Crippen LogP contribution in [0.2, 0.25) is 0 Å².